The Bertz CT molecular complexity index is 383. The van der Waals surface area contributed by atoms with Gasteiger partial charge in [0.1, 0.15) is 0 Å². The van der Waals surface area contributed by atoms with E-state index >= 15 is 0 Å². The molecule has 1 aliphatic carbocycles. The van der Waals surface area contributed by atoms with Gasteiger partial charge in [0.25, 0.3) is 0 Å². The summed E-state index contributed by atoms with van der Waals surface area (Å²) in [5.74, 6) is 0. The Labute approximate surface area is 114 Å². The van der Waals surface area contributed by atoms with Crippen LogP contribution in [-0.2, 0) is 6.54 Å². The first-order valence-corrected chi connectivity index (χ1v) is 7.71. The largest absolute Gasteiger partial charge is 0.396 e. The van der Waals surface area contributed by atoms with E-state index in [2.05, 4.69) is 24.1 Å². The summed E-state index contributed by atoms with van der Waals surface area (Å²) in [5, 5.41) is 14.3. The lowest BCUT2D eigenvalue weighted by molar-refractivity contribution is 0.0811. The predicted molar refractivity (Wildman–Crippen MR) is 75.9 cm³/mol. The van der Waals surface area contributed by atoms with Crippen LogP contribution in [0, 0.1) is 19.3 Å². The number of aryl methyl sites for hydroxylation is 2. The van der Waals surface area contributed by atoms with E-state index in [1.54, 1.807) is 11.3 Å². The van der Waals surface area contributed by atoms with Gasteiger partial charge in [0.15, 0.2) is 0 Å². The molecule has 1 saturated carbocycles. The summed E-state index contributed by atoms with van der Waals surface area (Å²) >= 11 is 1.77. The monoisotopic (exact) mass is 268 g/mol. The minimum absolute atomic E-state index is 0.131. The van der Waals surface area contributed by atoms with Crippen molar-refractivity contribution in [2.24, 2.45) is 5.41 Å². The average Bonchev–Trinajstić information content (AvgIpc) is 2.69. The van der Waals surface area contributed by atoms with E-state index in [9.17, 15) is 5.11 Å². The highest BCUT2D eigenvalue weighted by molar-refractivity contribution is 7.11. The smallest absolute Gasteiger partial charge is 0.0900 e. The third kappa shape index (κ3) is 3.31. The number of aromatic nitrogens is 1. The van der Waals surface area contributed by atoms with Crippen molar-refractivity contribution in [2.75, 3.05) is 13.2 Å². The van der Waals surface area contributed by atoms with Gasteiger partial charge in [0.05, 0.1) is 10.7 Å². The van der Waals surface area contributed by atoms with E-state index in [4.69, 9.17) is 0 Å². The number of aliphatic hydroxyl groups excluding tert-OH is 1. The van der Waals surface area contributed by atoms with Gasteiger partial charge in [-0.05, 0) is 26.7 Å². The van der Waals surface area contributed by atoms with Gasteiger partial charge in [-0.15, -0.1) is 11.3 Å². The van der Waals surface area contributed by atoms with Crippen LogP contribution >= 0.6 is 11.3 Å². The maximum atomic E-state index is 9.65. The lowest BCUT2D eigenvalue weighted by atomic mass is 9.74. The highest BCUT2D eigenvalue weighted by atomic mass is 32.1. The summed E-state index contributed by atoms with van der Waals surface area (Å²) < 4.78 is 0. The Morgan fingerprint density at radius 1 is 1.28 bits per heavy atom. The Morgan fingerprint density at radius 2 is 2.00 bits per heavy atom. The van der Waals surface area contributed by atoms with Crippen LogP contribution in [0.3, 0.4) is 0 Å². The van der Waals surface area contributed by atoms with Gasteiger partial charge in [-0.25, -0.2) is 4.98 Å². The Kier molecular flexibility index (Phi) is 4.76. The molecule has 1 aromatic rings. The first kappa shape index (κ1) is 14.0. The molecular weight excluding hydrogens is 244 g/mol. The van der Waals surface area contributed by atoms with E-state index in [0.717, 1.165) is 36.6 Å². The number of hydrogen-bond acceptors (Lipinski definition) is 4. The minimum atomic E-state index is 0.131. The molecular formula is C14H24N2OS. The maximum Gasteiger partial charge on any atom is 0.0900 e. The lowest BCUT2D eigenvalue weighted by Crippen LogP contribution is -2.38. The topological polar surface area (TPSA) is 45.2 Å². The van der Waals surface area contributed by atoms with Crippen LogP contribution in [0.25, 0.3) is 0 Å². The first-order chi connectivity index (χ1) is 8.65. The summed E-state index contributed by atoms with van der Waals surface area (Å²) in [7, 11) is 0. The fourth-order valence-electron chi connectivity index (χ4n) is 2.87. The Balaban J connectivity index is 1.85. The summed E-state index contributed by atoms with van der Waals surface area (Å²) in [4.78, 5) is 5.77. The van der Waals surface area contributed by atoms with Crippen LogP contribution in [0.15, 0.2) is 0 Å². The maximum absolute atomic E-state index is 9.65. The summed E-state index contributed by atoms with van der Waals surface area (Å²) in [6, 6.07) is 0. The number of thiazole rings is 1. The van der Waals surface area contributed by atoms with Crippen molar-refractivity contribution in [2.45, 2.75) is 52.5 Å². The zero-order valence-electron chi connectivity index (χ0n) is 11.5. The SMILES string of the molecule is Cc1nc(C)c(CNCC2(CO)CCCCC2)s1. The molecule has 1 aliphatic rings. The third-order valence-electron chi connectivity index (χ3n) is 4.03. The van der Waals surface area contributed by atoms with Gasteiger partial charge in [0, 0.05) is 30.0 Å². The molecule has 1 fully saturated rings. The highest BCUT2D eigenvalue weighted by Gasteiger charge is 2.30. The van der Waals surface area contributed by atoms with Crippen molar-refractivity contribution in [3.8, 4) is 0 Å². The van der Waals surface area contributed by atoms with Crippen molar-refractivity contribution in [3.05, 3.63) is 15.6 Å². The summed E-state index contributed by atoms with van der Waals surface area (Å²) in [6.45, 7) is 6.26. The van der Waals surface area contributed by atoms with Crippen molar-refractivity contribution in [1.82, 2.24) is 10.3 Å². The molecule has 4 heteroatoms. The number of hydrogen-bond donors (Lipinski definition) is 2. The molecule has 3 nitrogen and oxygen atoms in total. The molecule has 2 rings (SSSR count). The third-order valence-corrected chi connectivity index (χ3v) is 5.11. The molecule has 0 saturated heterocycles. The molecule has 0 bridgehead atoms. The fraction of sp³-hybridized carbons (Fsp3) is 0.786. The van der Waals surface area contributed by atoms with Crippen LogP contribution in [0.5, 0.6) is 0 Å². The molecule has 1 aromatic heterocycles. The van der Waals surface area contributed by atoms with Crippen molar-refractivity contribution in [1.29, 1.82) is 0 Å². The second kappa shape index (κ2) is 6.13. The summed E-state index contributed by atoms with van der Waals surface area (Å²) in [6.07, 6.45) is 6.19. The molecule has 0 unspecified atom stereocenters. The molecule has 2 N–H and O–H groups in total. The molecule has 0 aliphatic heterocycles. The highest BCUT2D eigenvalue weighted by Crippen LogP contribution is 2.35. The van der Waals surface area contributed by atoms with Gasteiger partial charge in [-0.3, -0.25) is 0 Å². The number of aliphatic hydroxyl groups is 1. The fourth-order valence-corrected chi connectivity index (χ4v) is 3.78. The first-order valence-electron chi connectivity index (χ1n) is 6.90. The minimum Gasteiger partial charge on any atom is -0.396 e. The normalized spacial score (nSPS) is 19.1. The van der Waals surface area contributed by atoms with E-state index in [0.29, 0.717) is 6.61 Å². The lowest BCUT2D eigenvalue weighted by Gasteiger charge is -2.35. The van der Waals surface area contributed by atoms with Crippen LogP contribution in [0.1, 0.15) is 47.7 Å². The van der Waals surface area contributed by atoms with E-state index < -0.39 is 0 Å². The molecule has 0 spiro atoms. The van der Waals surface area contributed by atoms with E-state index in [1.165, 1.54) is 24.1 Å². The van der Waals surface area contributed by atoms with Crippen LogP contribution < -0.4 is 5.32 Å². The quantitative estimate of drug-likeness (QED) is 0.863. The molecule has 0 amide bonds. The Hall–Kier alpha value is -0.450. The number of nitrogens with one attached hydrogen (secondary N) is 1. The van der Waals surface area contributed by atoms with Crippen molar-refractivity contribution >= 4 is 11.3 Å². The molecule has 102 valence electrons. The van der Waals surface area contributed by atoms with Gasteiger partial charge in [-0.2, -0.15) is 0 Å². The molecule has 0 radical (unpaired) electrons. The van der Waals surface area contributed by atoms with E-state index in [1.807, 2.05) is 0 Å². The Morgan fingerprint density at radius 3 is 2.56 bits per heavy atom. The van der Waals surface area contributed by atoms with Gasteiger partial charge >= 0.3 is 0 Å². The van der Waals surface area contributed by atoms with Crippen LogP contribution in [0.4, 0.5) is 0 Å². The molecule has 0 atom stereocenters. The second-order valence-electron chi connectivity index (χ2n) is 5.56. The zero-order valence-corrected chi connectivity index (χ0v) is 12.3. The van der Waals surface area contributed by atoms with Gasteiger partial charge in [0.2, 0.25) is 0 Å². The van der Waals surface area contributed by atoms with E-state index in [-0.39, 0.29) is 5.41 Å². The average molecular weight is 268 g/mol. The summed E-state index contributed by atoms with van der Waals surface area (Å²) in [5.41, 5.74) is 1.28. The van der Waals surface area contributed by atoms with Crippen molar-refractivity contribution < 1.29 is 5.11 Å². The number of rotatable bonds is 5. The zero-order chi connectivity index (χ0) is 13.0. The van der Waals surface area contributed by atoms with Gasteiger partial charge < -0.3 is 10.4 Å². The molecule has 1 heterocycles. The van der Waals surface area contributed by atoms with Crippen LogP contribution in [0.2, 0.25) is 0 Å². The standard InChI is InChI=1S/C14H24N2OS/c1-11-13(18-12(2)16-11)8-15-9-14(10-17)6-4-3-5-7-14/h15,17H,3-10H2,1-2H3. The van der Waals surface area contributed by atoms with Crippen LogP contribution in [-0.4, -0.2) is 23.2 Å². The number of nitrogens with zero attached hydrogens (tertiary/aromatic N) is 1. The second-order valence-corrected chi connectivity index (χ2v) is 6.85. The molecule has 0 aromatic carbocycles. The predicted octanol–water partition coefficient (Wildman–Crippen LogP) is 2.79. The van der Waals surface area contributed by atoms with Crippen molar-refractivity contribution in [3.63, 3.8) is 0 Å². The molecule has 18 heavy (non-hydrogen) atoms. The van der Waals surface area contributed by atoms with Gasteiger partial charge in [-0.1, -0.05) is 19.3 Å².